The summed E-state index contributed by atoms with van der Waals surface area (Å²) >= 11 is 0. The second kappa shape index (κ2) is 9.86. The first-order valence-corrected chi connectivity index (χ1v) is 11.4. The number of amides is 1. The molecule has 0 aromatic heterocycles. The van der Waals surface area contributed by atoms with Gasteiger partial charge in [-0.15, -0.1) is 0 Å². The summed E-state index contributed by atoms with van der Waals surface area (Å²) in [7, 11) is -9.07. The third-order valence-corrected chi connectivity index (χ3v) is 5.90. The monoisotopic (exact) mass is 481 g/mol. The molecule has 166 valence electrons. The van der Waals surface area contributed by atoms with Gasteiger partial charge in [-0.25, -0.2) is 0 Å². The summed E-state index contributed by atoms with van der Waals surface area (Å²) in [5, 5.41) is 2.32. The zero-order valence-corrected chi connectivity index (χ0v) is 21.2. The number of rotatable bonds is 6. The van der Waals surface area contributed by atoms with Crippen LogP contribution in [0.2, 0.25) is 0 Å². The SMILES string of the molecule is CC(C)(C)COS(=O)(=O)c1cc(N)ccc1NC(=O)c1ccc(N)cc1S(=O)(=O)O.[H-].[Na+]. The third kappa shape index (κ3) is 7.45. The maximum absolute atomic E-state index is 12.7. The molecule has 2 rings (SSSR count). The molecular weight excluding hydrogens is 457 g/mol. The van der Waals surface area contributed by atoms with Gasteiger partial charge in [0.1, 0.15) is 9.79 Å². The van der Waals surface area contributed by atoms with Crippen LogP contribution in [-0.4, -0.2) is 33.9 Å². The van der Waals surface area contributed by atoms with Crippen molar-refractivity contribution in [3.05, 3.63) is 42.0 Å². The first kappa shape index (κ1) is 27.4. The van der Waals surface area contributed by atoms with Crippen molar-refractivity contribution in [3.63, 3.8) is 0 Å². The van der Waals surface area contributed by atoms with Crippen molar-refractivity contribution in [3.8, 4) is 0 Å². The minimum Gasteiger partial charge on any atom is -1.00 e. The molecule has 6 N–H and O–H groups in total. The van der Waals surface area contributed by atoms with Crippen molar-refractivity contribution in [1.29, 1.82) is 0 Å². The van der Waals surface area contributed by atoms with Gasteiger partial charge in [-0.1, -0.05) is 20.8 Å². The summed E-state index contributed by atoms with van der Waals surface area (Å²) in [5.41, 5.74) is 10.3. The summed E-state index contributed by atoms with van der Waals surface area (Å²) in [4.78, 5) is 11.6. The van der Waals surface area contributed by atoms with E-state index in [0.29, 0.717) is 0 Å². The van der Waals surface area contributed by atoms with Crippen LogP contribution in [0, 0.1) is 5.41 Å². The molecule has 0 bridgehead atoms. The molecule has 0 radical (unpaired) electrons. The Morgan fingerprint density at radius 1 is 1.03 bits per heavy atom. The summed E-state index contributed by atoms with van der Waals surface area (Å²) < 4.78 is 63.0. The van der Waals surface area contributed by atoms with Crippen LogP contribution in [0.3, 0.4) is 0 Å². The van der Waals surface area contributed by atoms with Crippen LogP contribution < -0.4 is 46.3 Å². The summed E-state index contributed by atoms with van der Waals surface area (Å²) in [5.74, 6) is -0.986. The fourth-order valence-corrected chi connectivity index (χ4v) is 4.32. The third-order valence-electron chi connectivity index (χ3n) is 3.70. The second-order valence-electron chi connectivity index (χ2n) is 7.72. The Morgan fingerprint density at radius 3 is 2.06 bits per heavy atom. The largest absolute Gasteiger partial charge is 1.00 e. The van der Waals surface area contributed by atoms with Gasteiger partial charge < -0.3 is 18.2 Å². The number of nitrogens with two attached hydrogens (primary N) is 2. The number of nitrogen functional groups attached to an aromatic ring is 2. The number of anilines is 3. The predicted molar refractivity (Wildman–Crippen MR) is 113 cm³/mol. The van der Waals surface area contributed by atoms with E-state index in [4.69, 9.17) is 15.7 Å². The molecule has 0 aliphatic rings. The van der Waals surface area contributed by atoms with Gasteiger partial charge in [-0.3, -0.25) is 13.5 Å². The van der Waals surface area contributed by atoms with Crippen molar-refractivity contribution >= 4 is 43.2 Å². The van der Waals surface area contributed by atoms with E-state index in [-0.39, 0.29) is 54.7 Å². The number of benzene rings is 2. The van der Waals surface area contributed by atoms with Crippen LogP contribution in [0.15, 0.2) is 46.2 Å². The molecule has 1 amide bonds. The maximum Gasteiger partial charge on any atom is 1.00 e. The second-order valence-corrected chi connectivity index (χ2v) is 10.7. The van der Waals surface area contributed by atoms with E-state index in [9.17, 15) is 26.2 Å². The van der Waals surface area contributed by atoms with Crippen molar-refractivity contribution < 1.29 is 61.3 Å². The Bertz CT molecular complexity index is 1200. The minimum absolute atomic E-state index is 0. The Morgan fingerprint density at radius 2 is 1.55 bits per heavy atom. The zero-order chi connectivity index (χ0) is 22.9. The summed E-state index contributed by atoms with van der Waals surface area (Å²) in [6.45, 7) is 5.22. The molecule has 0 heterocycles. The predicted octanol–water partition coefficient (Wildman–Crippen LogP) is -0.782. The first-order valence-electron chi connectivity index (χ1n) is 8.57. The van der Waals surface area contributed by atoms with Gasteiger partial charge >= 0.3 is 29.6 Å². The molecule has 2 aromatic carbocycles. The molecule has 0 atom stereocenters. The molecule has 10 nitrogen and oxygen atoms in total. The topological polar surface area (TPSA) is 179 Å². The number of hydrogen-bond donors (Lipinski definition) is 4. The number of carbonyl (C=O) groups excluding carboxylic acids is 1. The standard InChI is InChI=1S/C18H23N3O7S2.Na.H/c1-18(2,3)10-28-30(26,27)16-9-12(20)5-7-14(16)21-17(22)13-6-4-11(19)8-15(13)29(23,24)25;;/h4-9H,10,19-20H2,1-3H3,(H,21,22)(H,23,24,25);;/q;+1;-1. The molecule has 0 saturated carbocycles. The van der Waals surface area contributed by atoms with Gasteiger partial charge in [0.25, 0.3) is 26.1 Å². The smallest absolute Gasteiger partial charge is 1.00 e. The van der Waals surface area contributed by atoms with Crippen LogP contribution in [0.5, 0.6) is 0 Å². The average molecular weight is 482 g/mol. The van der Waals surface area contributed by atoms with E-state index in [1.807, 2.05) is 0 Å². The van der Waals surface area contributed by atoms with E-state index in [2.05, 4.69) is 5.32 Å². The molecule has 31 heavy (non-hydrogen) atoms. The normalized spacial score (nSPS) is 12.1. The van der Waals surface area contributed by atoms with Crippen LogP contribution >= 0.6 is 0 Å². The fourth-order valence-electron chi connectivity index (χ4n) is 2.30. The van der Waals surface area contributed by atoms with E-state index >= 15 is 0 Å². The van der Waals surface area contributed by atoms with Gasteiger partial charge in [0, 0.05) is 11.4 Å². The molecule has 0 unspecified atom stereocenters. The zero-order valence-electron chi connectivity index (χ0n) is 18.5. The van der Waals surface area contributed by atoms with E-state index in [1.165, 1.54) is 18.2 Å². The summed E-state index contributed by atoms with van der Waals surface area (Å²) in [6.07, 6.45) is 0. The van der Waals surface area contributed by atoms with Crippen LogP contribution in [0.1, 0.15) is 32.6 Å². The van der Waals surface area contributed by atoms with Crippen LogP contribution in [0.25, 0.3) is 0 Å². The molecule has 0 saturated heterocycles. The Labute approximate surface area is 205 Å². The van der Waals surface area contributed by atoms with Gasteiger partial charge in [0.2, 0.25) is 0 Å². The van der Waals surface area contributed by atoms with Gasteiger partial charge in [0.05, 0.1) is 17.9 Å². The molecule has 13 heteroatoms. The molecule has 0 spiro atoms. The van der Waals surface area contributed by atoms with Crippen molar-refractivity contribution in [2.75, 3.05) is 23.4 Å². The van der Waals surface area contributed by atoms with E-state index in [1.54, 1.807) is 20.8 Å². The molecule has 0 fully saturated rings. The van der Waals surface area contributed by atoms with Crippen molar-refractivity contribution in [2.45, 2.75) is 30.6 Å². The van der Waals surface area contributed by atoms with E-state index < -0.39 is 46.9 Å². The van der Waals surface area contributed by atoms with E-state index in [0.717, 1.165) is 18.2 Å². The Hall–Kier alpha value is -1.67. The minimum atomic E-state index is -4.77. The van der Waals surface area contributed by atoms with Gasteiger partial charge in [-0.2, -0.15) is 16.8 Å². The van der Waals surface area contributed by atoms with Crippen molar-refractivity contribution in [2.24, 2.45) is 5.41 Å². The molecular formula is C18H24N3NaO7S2. The van der Waals surface area contributed by atoms with Crippen molar-refractivity contribution in [1.82, 2.24) is 0 Å². The Balaban J connectivity index is 0.00000480. The quantitative estimate of drug-likeness (QED) is 0.178. The molecule has 0 aliphatic heterocycles. The Kier molecular flexibility index (Phi) is 8.70. The number of carbonyl (C=O) groups is 1. The fraction of sp³-hybridized carbons (Fsp3) is 0.278. The van der Waals surface area contributed by atoms with Gasteiger partial charge in [0.15, 0.2) is 0 Å². The average Bonchev–Trinajstić information content (AvgIpc) is 2.60. The van der Waals surface area contributed by atoms with Crippen LogP contribution in [0.4, 0.5) is 17.1 Å². The van der Waals surface area contributed by atoms with Crippen LogP contribution in [-0.2, 0) is 24.4 Å². The number of hydrogen-bond acceptors (Lipinski definition) is 8. The summed E-state index contributed by atoms with van der Waals surface area (Å²) in [6, 6.07) is 6.97. The molecule has 2 aromatic rings. The number of nitrogens with one attached hydrogen (secondary N) is 1. The van der Waals surface area contributed by atoms with Gasteiger partial charge in [-0.05, 0) is 41.8 Å². The first-order chi connectivity index (χ1) is 13.6. The maximum atomic E-state index is 12.7. The molecule has 0 aliphatic carbocycles.